The Hall–Kier alpha value is -3.96. The van der Waals surface area contributed by atoms with Crippen LogP contribution in [0.4, 0.5) is 23.7 Å². The van der Waals surface area contributed by atoms with Crippen molar-refractivity contribution < 1.29 is 27.3 Å². The van der Waals surface area contributed by atoms with Crippen LogP contribution in [0.3, 0.4) is 0 Å². The van der Waals surface area contributed by atoms with Gasteiger partial charge in [-0.1, -0.05) is 5.16 Å². The molecule has 0 bridgehead atoms. The van der Waals surface area contributed by atoms with Gasteiger partial charge in [-0.2, -0.15) is 4.98 Å². The summed E-state index contributed by atoms with van der Waals surface area (Å²) in [7, 11) is 0. The van der Waals surface area contributed by atoms with E-state index in [9.17, 15) is 22.8 Å². The van der Waals surface area contributed by atoms with Gasteiger partial charge in [-0.3, -0.25) is 4.79 Å². The van der Waals surface area contributed by atoms with Crippen LogP contribution in [0.2, 0.25) is 0 Å². The maximum Gasteiger partial charge on any atom is 0.322 e. The molecule has 12 heteroatoms. The first-order valence-corrected chi connectivity index (χ1v) is 9.09. The molecule has 1 atom stereocenters. The van der Waals surface area contributed by atoms with Gasteiger partial charge in [0.05, 0.1) is 18.4 Å². The molecular formula is C19H15F3N6O3. The molecule has 3 aromatic rings. The lowest BCUT2D eigenvalue weighted by atomic mass is 10.1. The standard InChI is InChI=1S/C19H15F3N6O3/c1-9(18-26-17(27-31-18)14-4-2-10(20)6-23-14)24-15(29)8-28-7-11-13(25-19(28)30)5-3-12(21)16(11)22/h2-6,9H,7-8H2,1H3,(H,24,29)(H,25,30)/t9-/m1/s1. The Morgan fingerprint density at radius 3 is 2.84 bits per heavy atom. The van der Waals surface area contributed by atoms with Gasteiger partial charge < -0.3 is 20.1 Å². The van der Waals surface area contributed by atoms with Gasteiger partial charge in [0.25, 0.3) is 0 Å². The third kappa shape index (κ3) is 4.17. The summed E-state index contributed by atoms with van der Waals surface area (Å²) in [4.78, 5) is 33.5. The van der Waals surface area contributed by atoms with Crippen LogP contribution in [-0.4, -0.2) is 38.5 Å². The van der Waals surface area contributed by atoms with Crippen molar-refractivity contribution >= 4 is 17.6 Å². The van der Waals surface area contributed by atoms with Gasteiger partial charge in [-0.05, 0) is 31.2 Å². The monoisotopic (exact) mass is 432 g/mol. The van der Waals surface area contributed by atoms with Gasteiger partial charge in [0.15, 0.2) is 11.6 Å². The minimum Gasteiger partial charge on any atom is -0.343 e. The zero-order valence-corrected chi connectivity index (χ0v) is 16.0. The number of anilines is 1. The Morgan fingerprint density at radius 1 is 1.29 bits per heavy atom. The number of amides is 3. The highest BCUT2D eigenvalue weighted by molar-refractivity contribution is 5.94. The van der Waals surface area contributed by atoms with Crippen LogP contribution < -0.4 is 10.6 Å². The summed E-state index contributed by atoms with van der Waals surface area (Å²) in [5.74, 6) is -3.04. The van der Waals surface area contributed by atoms with Crippen LogP contribution in [0.1, 0.15) is 24.4 Å². The number of benzene rings is 1. The Morgan fingerprint density at radius 2 is 2.10 bits per heavy atom. The normalized spacial score (nSPS) is 14.1. The first-order chi connectivity index (χ1) is 14.8. The molecule has 0 radical (unpaired) electrons. The molecule has 0 saturated carbocycles. The fourth-order valence-corrected chi connectivity index (χ4v) is 2.99. The van der Waals surface area contributed by atoms with Crippen molar-refractivity contribution in [2.45, 2.75) is 19.5 Å². The molecule has 2 aromatic heterocycles. The van der Waals surface area contributed by atoms with E-state index in [2.05, 4.69) is 25.8 Å². The number of urea groups is 1. The van der Waals surface area contributed by atoms with Gasteiger partial charge in [0.2, 0.25) is 17.6 Å². The Bertz CT molecular complexity index is 1150. The number of nitrogens with one attached hydrogen (secondary N) is 2. The Balaban J connectivity index is 1.40. The number of nitrogens with zero attached hydrogens (tertiary/aromatic N) is 4. The first kappa shape index (κ1) is 20.3. The molecule has 0 aliphatic carbocycles. The second-order valence-corrected chi connectivity index (χ2v) is 6.78. The van der Waals surface area contributed by atoms with Crippen LogP contribution in [0.25, 0.3) is 11.5 Å². The zero-order valence-electron chi connectivity index (χ0n) is 16.0. The average Bonchev–Trinajstić information content (AvgIpc) is 3.23. The van der Waals surface area contributed by atoms with Crippen LogP contribution in [-0.2, 0) is 11.3 Å². The summed E-state index contributed by atoms with van der Waals surface area (Å²) in [5, 5.41) is 8.74. The van der Waals surface area contributed by atoms with E-state index < -0.39 is 42.0 Å². The van der Waals surface area contributed by atoms with Crippen molar-refractivity contribution in [3.63, 3.8) is 0 Å². The molecule has 1 aromatic carbocycles. The summed E-state index contributed by atoms with van der Waals surface area (Å²) < 4.78 is 45.6. The van der Waals surface area contributed by atoms with Gasteiger partial charge in [0.1, 0.15) is 24.1 Å². The molecule has 160 valence electrons. The van der Waals surface area contributed by atoms with Crippen molar-refractivity contribution in [3.8, 4) is 11.5 Å². The molecule has 3 amide bonds. The van der Waals surface area contributed by atoms with Gasteiger partial charge in [0, 0.05) is 5.56 Å². The van der Waals surface area contributed by atoms with Crippen molar-refractivity contribution in [3.05, 3.63) is 59.4 Å². The average molecular weight is 432 g/mol. The SMILES string of the molecule is C[C@@H](NC(=O)CN1Cc2c(ccc(F)c2F)NC1=O)c1nc(-c2ccc(F)cn2)no1. The predicted molar refractivity (Wildman–Crippen MR) is 99.8 cm³/mol. The molecule has 9 nitrogen and oxygen atoms in total. The maximum atomic E-state index is 14.0. The van der Waals surface area contributed by atoms with E-state index in [1.165, 1.54) is 18.2 Å². The number of fused-ring (bicyclic) bond motifs is 1. The number of carbonyl (C=O) groups excluding carboxylic acids is 2. The third-order valence-corrected chi connectivity index (χ3v) is 4.55. The minimum atomic E-state index is -1.08. The number of pyridine rings is 1. The fraction of sp³-hybridized carbons (Fsp3) is 0.211. The predicted octanol–water partition coefficient (Wildman–Crippen LogP) is 2.77. The van der Waals surface area contributed by atoms with Gasteiger partial charge in [-0.15, -0.1) is 0 Å². The van der Waals surface area contributed by atoms with Gasteiger partial charge in [-0.25, -0.2) is 22.9 Å². The topological polar surface area (TPSA) is 113 Å². The highest BCUT2D eigenvalue weighted by Crippen LogP contribution is 2.27. The molecule has 0 spiro atoms. The Kier molecular flexibility index (Phi) is 5.28. The molecule has 4 rings (SSSR count). The smallest absolute Gasteiger partial charge is 0.322 e. The number of halogens is 3. The van der Waals surface area contributed by atoms with Crippen LogP contribution >= 0.6 is 0 Å². The van der Waals surface area contributed by atoms with Crippen molar-refractivity contribution in [2.75, 3.05) is 11.9 Å². The second kappa shape index (κ2) is 8.05. The highest BCUT2D eigenvalue weighted by Gasteiger charge is 2.28. The van der Waals surface area contributed by atoms with Crippen molar-refractivity contribution in [2.24, 2.45) is 0 Å². The van der Waals surface area contributed by atoms with Crippen molar-refractivity contribution in [1.29, 1.82) is 0 Å². The van der Waals surface area contributed by atoms with E-state index in [0.29, 0.717) is 0 Å². The number of aromatic nitrogens is 3. The minimum absolute atomic E-state index is 0.0474. The van der Waals surface area contributed by atoms with Crippen LogP contribution in [0.5, 0.6) is 0 Å². The lowest BCUT2D eigenvalue weighted by Crippen LogP contribution is -2.45. The number of rotatable bonds is 5. The fourth-order valence-electron chi connectivity index (χ4n) is 2.99. The van der Waals surface area contributed by atoms with E-state index in [1.54, 1.807) is 6.92 Å². The quantitative estimate of drug-likeness (QED) is 0.641. The van der Waals surface area contributed by atoms with E-state index in [4.69, 9.17) is 4.52 Å². The van der Waals surface area contributed by atoms with E-state index in [0.717, 1.165) is 17.2 Å². The molecule has 0 fully saturated rings. The lowest BCUT2D eigenvalue weighted by Gasteiger charge is -2.29. The van der Waals surface area contributed by atoms with Gasteiger partial charge >= 0.3 is 6.03 Å². The largest absolute Gasteiger partial charge is 0.343 e. The second-order valence-electron chi connectivity index (χ2n) is 6.78. The molecule has 1 aliphatic heterocycles. The summed E-state index contributed by atoms with van der Waals surface area (Å²) in [6, 6.07) is 3.40. The van der Waals surface area contributed by atoms with E-state index in [-0.39, 0.29) is 35.2 Å². The molecule has 31 heavy (non-hydrogen) atoms. The van der Waals surface area contributed by atoms with Crippen molar-refractivity contribution in [1.82, 2.24) is 25.3 Å². The molecule has 0 saturated heterocycles. The molecule has 2 N–H and O–H groups in total. The summed E-state index contributed by atoms with van der Waals surface area (Å²) in [6.45, 7) is 0.896. The lowest BCUT2D eigenvalue weighted by molar-refractivity contribution is -0.122. The zero-order chi connectivity index (χ0) is 22.1. The number of hydrogen-bond donors (Lipinski definition) is 2. The number of hydrogen-bond acceptors (Lipinski definition) is 6. The maximum absolute atomic E-state index is 14.0. The first-order valence-electron chi connectivity index (χ1n) is 9.09. The Labute approximate surface area is 173 Å². The molecular weight excluding hydrogens is 417 g/mol. The molecule has 3 heterocycles. The molecule has 0 unspecified atom stereocenters. The highest BCUT2D eigenvalue weighted by atomic mass is 19.2. The van der Waals surface area contributed by atoms with E-state index >= 15 is 0 Å². The summed E-state index contributed by atoms with van der Waals surface area (Å²) in [6.07, 6.45) is 1.01. The summed E-state index contributed by atoms with van der Waals surface area (Å²) >= 11 is 0. The molecule has 1 aliphatic rings. The van der Waals surface area contributed by atoms with Crippen LogP contribution in [0.15, 0.2) is 35.0 Å². The van der Waals surface area contributed by atoms with E-state index in [1.807, 2.05) is 0 Å². The summed E-state index contributed by atoms with van der Waals surface area (Å²) in [5.41, 5.74) is 0.392. The number of carbonyl (C=O) groups is 2. The third-order valence-electron chi connectivity index (χ3n) is 4.55. The van der Waals surface area contributed by atoms with Crippen LogP contribution in [0, 0.1) is 17.5 Å².